The molecule has 0 amide bonds. The van der Waals surface area contributed by atoms with Gasteiger partial charge in [-0.25, -0.2) is 13.0 Å². The number of hydrogen-bond acceptors (Lipinski definition) is 5. The second-order valence-electron chi connectivity index (χ2n) is 5.06. The van der Waals surface area contributed by atoms with Crippen LogP contribution in [0.3, 0.4) is 0 Å². The Balaban J connectivity index is 2.09. The van der Waals surface area contributed by atoms with Gasteiger partial charge >= 0.3 is 0 Å². The zero-order valence-corrected chi connectivity index (χ0v) is 12.1. The summed E-state index contributed by atoms with van der Waals surface area (Å²) in [6, 6.07) is 5.01. The lowest BCUT2D eigenvalue weighted by Gasteiger charge is -2.34. The first kappa shape index (κ1) is 13.5. The van der Waals surface area contributed by atoms with Crippen LogP contribution in [0.15, 0.2) is 27.7 Å². The van der Waals surface area contributed by atoms with Crippen LogP contribution in [-0.2, 0) is 10.0 Å². The molecule has 1 aliphatic heterocycles. The Kier molecular flexibility index (Phi) is 3.47. The van der Waals surface area contributed by atoms with Crippen molar-refractivity contribution in [3.8, 4) is 0 Å². The van der Waals surface area contributed by atoms with Crippen molar-refractivity contribution in [1.82, 2.24) is 14.6 Å². The van der Waals surface area contributed by atoms with E-state index in [0.717, 1.165) is 25.7 Å². The molecule has 1 atom stereocenters. The first-order valence-corrected chi connectivity index (χ1v) is 8.31. The maximum absolute atomic E-state index is 12.9. The van der Waals surface area contributed by atoms with Crippen LogP contribution in [0.4, 0.5) is 0 Å². The van der Waals surface area contributed by atoms with Crippen LogP contribution < -0.4 is 0 Å². The zero-order valence-electron chi connectivity index (χ0n) is 11.3. The highest BCUT2D eigenvalue weighted by Crippen LogP contribution is 2.29. The van der Waals surface area contributed by atoms with Crippen molar-refractivity contribution in [3.05, 3.63) is 18.2 Å². The summed E-state index contributed by atoms with van der Waals surface area (Å²) in [5, 5.41) is 7.45. The average Bonchev–Trinajstić information content (AvgIpc) is 2.95. The van der Waals surface area contributed by atoms with Gasteiger partial charge in [0.15, 0.2) is 5.52 Å². The monoisotopic (exact) mass is 295 g/mol. The third-order valence-electron chi connectivity index (χ3n) is 3.88. The normalized spacial score (nSPS) is 21.4. The molecule has 20 heavy (non-hydrogen) atoms. The first-order valence-electron chi connectivity index (χ1n) is 6.87. The molecule has 7 heteroatoms. The molecule has 2 aromatic rings. The smallest absolute Gasteiger partial charge is 0.243 e. The summed E-state index contributed by atoms with van der Waals surface area (Å²) in [5.41, 5.74) is 0.782. The molecule has 0 spiro atoms. The first-order chi connectivity index (χ1) is 9.64. The molecular weight excluding hydrogens is 278 g/mol. The molecule has 6 nitrogen and oxygen atoms in total. The van der Waals surface area contributed by atoms with Crippen LogP contribution >= 0.6 is 0 Å². The van der Waals surface area contributed by atoms with Crippen LogP contribution in [-0.4, -0.2) is 35.6 Å². The maximum atomic E-state index is 12.9. The highest BCUT2D eigenvalue weighted by Gasteiger charge is 2.34. The largest absolute Gasteiger partial charge is 0.245 e. The number of sulfonamides is 1. The number of nitrogens with zero attached hydrogens (tertiary/aromatic N) is 3. The van der Waals surface area contributed by atoms with Gasteiger partial charge in [0.2, 0.25) is 10.0 Å². The Morgan fingerprint density at radius 3 is 3.00 bits per heavy atom. The van der Waals surface area contributed by atoms with E-state index < -0.39 is 10.0 Å². The Hall–Kier alpha value is -1.47. The fourth-order valence-electron chi connectivity index (χ4n) is 2.81. The highest BCUT2D eigenvalue weighted by molar-refractivity contribution is 7.89. The van der Waals surface area contributed by atoms with Gasteiger partial charge in [0.25, 0.3) is 0 Å². The molecule has 1 fully saturated rings. The molecule has 3 rings (SSSR count). The van der Waals surface area contributed by atoms with Crippen LogP contribution in [0.5, 0.6) is 0 Å². The Bertz CT molecular complexity index is 710. The van der Waals surface area contributed by atoms with Gasteiger partial charge in [-0.2, -0.15) is 4.31 Å². The minimum atomic E-state index is -3.55. The molecule has 0 saturated carbocycles. The van der Waals surface area contributed by atoms with Crippen molar-refractivity contribution in [2.45, 2.75) is 43.5 Å². The quantitative estimate of drug-likeness (QED) is 0.867. The zero-order chi connectivity index (χ0) is 14.2. The van der Waals surface area contributed by atoms with Crippen molar-refractivity contribution in [3.63, 3.8) is 0 Å². The number of hydrogen-bond donors (Lipinski definition) is 0. The SMILES string of the molecule is CCC1CCCCN1S(=O)(=O)c1cccc2nonc12. The van der Waals surface area contributed by atoms with Crippen molar-refractivity contribution >= 4 is 21.1 Å². The van der Waals surface area contributed by atoms with Gasteiger partial charge in [0.05, 0.1) is 0 Å². The summed E-state index contributed by atoms with van der Waals surface area (Å²) < 4.78 is 32.0. The third-order valence-corrected chi connectivity index (χ3v) is 5.86. The van der Waals surface area contributed by atoms with Gasteiger partial charge < -0.3 is 0 Å². The number of piperidine rings is 1. The second kappa shape index (κ2) is 5.14. The number of aromatic nitrogens is 2. The minimum Gasteiger partial charge on any atom is -0.243 e. The Morgan fingerprint density at radius 1 is 1.35 bits per heavy atom. The van der Waals surface area contributed by atoms with E-state index in [2.05, 4.69) is 14.9 Å². The minimum absolute atomic E-state index is 0.0730. The molecule has 2 heterocycles. The highest BCUT2D eigenvalue weighted by atomic mass is 32.2. The second-order valence-corrected chi connectivity index (χ2v) is 6.92. The summed E-state index contributed by atoms with van der Waals surface area (Å²) in [5.74, 6) is 0. The van der Waals surface area contributed by atoms with Crippen LogP contribution in [0.1, 0.15) is 32.6 Å². The van der Waals surface area contributed by atoms with E-state index in [1.165, 1.54) is 0 Å². The van der Waals surface area contributed by atoms with Crippen molar-refractivity contribution in [1.29, 1.82) is 0 Å². The van der Waals surface area contributed by atoms with Gasteiger partial charge in [0, 0.05) is 12.6 Å². The summed E-state index contributed by atoms with van der Waals surface area (Å²) in [4.78, 5) is 0.191. The van der Waals surface area contributed by atoms with Crippen molar-refractivity contribution in [2.24, 2.45) is 0 Å². The maximum Gasteiger partial charge on any atom is 0.245 e. The topological polar surface area (TPSA) is 76.3 Å². The van der Waals surface area contributed by atoms with E-state index >= 15 is 0 Å². The summed E-state index contributed by atoms with van der Waals surface area (Å²) in [7, 11) is -3.55. The van der Waals surface area contributed by atoms with Gasteiger partial charge in [0.1, 0.15) is 10.4 Å². The summed E-state index contributed by atoms with van der Waals surface area (Å²) >= 11 is 0. The molecule has 1 aliphatic rings. The Labute approximate surface area is 117 Å². The molecule has 1 saturated heterocycles. The molecule has 1 unspecified atom stereocenters. The van der Waals surface area contributed by atoms with Gasteiger partial charge in [-0.15, -0.1) is 0 Å². The van der Waals surface area contributed by atoms with Gasteiger partial charge in [-0.05, 0) is 41.7 Å². The number of fused-ring (bicyclic) bond motifs is 1. The Morgan fingerprint density at radius 2 is 2.20 bits per heavy atom. The fraction of sp³-hybridized carbons (Fsp3) is 0.538. The average molecular weight is 295 g/mol. The predicted molar refractivity (Wildman–Crippen MR) is 73.6 cm³/mol. The van der Waals surface area contributed by atoms with Crippen LogP contribution in [0.25, 0.3) is 11.0 Å². The number of benzene rings is 1. The molecule has 0 radical (unpaired) electrons. The van der Waals surface area contributed by atoms with Gasteiger partial charge in [-0.1, -0.05) is 19.4 Å². The van der Waals surface area contributed by atoms with Crippen molar-refractivity contribution < 1.29 is 13.0 Å². The number of rotatable bonds is 3. The lowest BCUT2D eigenvalue weighted by Crippen LogP contribution is -2.43. The molecular formula is C13H17N3O3S. The van der Waals surface area contributed by atoms with E-state index in [1.807, 2.05) is 6.92 Å². The van der Waals surface area contributed by atoms with Crippen LogP contribution in [0, 0.1) is 0 Å². The van der Waals surface area contributed by atoms with Crippen LogP contribution in [0.2, 0.25) is 0 Å². The predicted octanol–water partition coefficient (Wildman–Crippen LogP) is 2.18. The fourth-order valence-corrected chi connectivity index (χ4v) is 4.72. The van der Waals surface area contributed by atoms with Gasteiger partial charge in [-0.3, -0.25) is 0 Å². The lowest BCUT2D eigenvalue weighted by atomic mass is 10.0. The van der Waals surface area contributed by atoms with E-state index in [1.54, 1.807) is 22.5 Å². The summed E-state index contributed by atoms with van der Waals surface area (Å²) in [6.07, 6.45) is 3.73. The van der Waals surface area contributed by atoms with E-state index in [0.29, 0.717) is 17.6 Å². The molecule has 1 aromatic heterocycles. The molecule has 1 aromatic carbocycles. The third kappa shape index (κ3) is 2.10. The van der Waals surface area contributed by atoms with Crippen molar-refractivity contribution in [2.75, 3.05) is 6.54 Å². The lowest BCUT2D eigenvalue weighted by molar-refractivity contribution is 0.246. The molecule has 0 bridgehead atoms. The van der Waals surface area contributed by atoms with E-state index in [9.17, 15) is 8.42 Å². The standard InChI is InChI=1S/C13H17N3O3S/c1-2-10-6-3-4-9-16(10)20(17,18)12-8-5-7-11-13(12)15-19-14-11/h5,7-8,10H,2-4,6,9H2,1H3. The van der Waals surface area contributed by atoms with E-state index in [4.69, 9.17) is 0 Å². The summed E-state index contributed by atoms with van der Waals surface area (Å²) in [6.45, 7) is 2.60. The molecule has 0 N–H and O–H groups in total. The molecule has 108 valence electrons. The van der Waals surface area contributed by atoms with E-state index in [-0.39, 0.29) is 10.9 Å². The molecule has 0 aliphatic carbocycles.